The van der Waals surface area contributed by atoms with Crippen molar-refractivity contribution in [1.29, 1.82) is 0 Å². The second kappa shape index (κ2) is 4.23. The predicted octanol–water partition coefficient (Wildman–Crippen LogP) is 2.25. The molecule has 2 heteroatoms. The van der Waals surface area contributed by atoms with Gasteiger partial charge in [0.1, 0.15) is 0 Å². The van der Waals surface area contributed by atoms with Gasteiger partial charge in [0, 0.05) is 18.3 Å². The minimum Gasteiger partial charge on any atom is -0.381 e. The van der Waals surface area contributed by atoms with Crippen molar-refractivity contribution in [2.45, 2.75) is 32.7 Å². The lowest BCUT2D eigenvalue weighted by Gasteiger charge is -2.29. The average Bonchev–Trinajstić information content (AvgIpc) is 2.24. The summed E-state index contributed by atoms with van der Waals surface area (Å²) in [5.41, 5.74) is 5.69. The van der Waals surface area contributed by atoms with Crippen LogP contribution in [0.5, 0.6) is 0 Å². The molecule has 2 N–H and O–H groups in total. The van der Waals surface area contributed by atoms with Crippen molar-refractivity contribution in [2.24, 2.45) is 0 Å². The van der Waals surface area contributed by atoms with Gasteiger partial charge in [-0.15, -0.1) is 0 Å². The summed E-state index contributed by atoms with van der Waals surface area (Å²) in [5.74, 6) is 0. The number of likely N-dealkylation sites (N-methyl/N-ethyl adjacent to an activating group) is 1. The highest BCUT2D eigenvalue weighted by atomic mass is 15.0. The molecule has 1 aromatic rings. The molecule has 1 aliphatic rings. The van der Waals surface area contributed by atoms with E-state index in [1.807, 2.05) is 7.05 Å². The third-order valence-corrected chi connectivity index (χ3v) is 3.30. The highest BCUT2D eigenvalue weighted by Crippen LogP contribution is 2.30. The third kappa shape index (κ3) is 2.00. The van der Waals surface area contributed by atoms with Crippen molar-refractivity contribution in [1.82, 2.24) is 5.32 Å². The smallest absolute Gasteiger partial charge is 0.0407 e. The molecular formula is C13H20N2. The number of rotatable bonds is 2. The molecular weight excluding hydrogens is 184 g/mol. The van der Waals surface area contributed by atoms with Crippen LogP contribution in [0.25, 0.3) is 0 Å². The molecule has 0 amide bonds. The summed E-state index contributed by atoms with van der Waals surface area (Å²) in [6.45, 7) is 5.44. The molecule has 15 heavy (non-hydrogen) atoms. The Labute approximate surface area is 92.1 Å². The van der Waals surface area contributed by atoms with Gasteiger partial charge in [0.05, 0.1) is 0 Å². The Morgan fingerprint density at radius 2 is 2.07 bits per heavy atom. The summed E-state index contributed by atoms with van der Waals surface area (Å²) in [6, 6.07) is 5.03. The third-order valence-electron chi connectivity index (χ3n) is 3.30. The summed E-state index contributed by atoms with van der Waals surface area (Å²) in [6.07, 6.45) is 2.44. The van der Waals surface area contributed by atoms with Crippen LogP contribution < -0.4 is 10.6 Å². The van der Waals surface area contributed by atoms with E-state index in [1.54, 1.807) is 0 Å². The van der Waals surface area contributed by atoms with Gasteiger partial charge >= 0.3 is 0 Å². The molecule has 2 rings (SSSR count). The standard InChI is InChI=1S/C13H20N2/c1-9-4-5-10(2)13-12(9)7-6-11(15-13)8-14-3/h4-5,11,14-15H,6-8H2,1-3H3. The van der Waals surface area contributed by atoms with Crippen LogP contribution in [0.15, 0.2) is 12.1 Å². The zero-order valence-electron chi connectivity index (χ0n) is 9.85. The van der Waals surface area contributed by atoms with Gasteiger partial charge in [0.15, 0.2) is 0 Å². The van der Waals surface area contributed by atoms with Crippen molar-refractivity contribution in [3.63, 3.8) is 0 Å². The molecule has 0 saturated heterocycles. The summed E-state index contributed by atoms with van der Waals surface area (Å²) in [5, 5.41) is 6.88. The highest BCUT2D eigenvalue weighted by molar-refractivity contribution is 5.62. The van der Waals surface area contributed by atoms with E-state index in [4.69, 9.17) is 0 Å². The van der Waals surface area contributed by atoms with Gasteiger partial charge in [-0.2, -0.15) is 0 Å². The molecule has 1 aliphatic heterocycles. The number of hydrogen-bond donors (Lipinski definition) is 2. The van der Waals surface area contributed by atoms with Crippen LogP contribution in [0, 0.1) is 13.8 Å². The first kappa shape index (κ1) is 10.5. The normalized spacial score (nSPS) is 19.5. The van der Waals surface area contributed by atoms with Gasteiger partial charge in [0.2, 0.25) is 0 Å². The molecule has 1 atom stereocenters. The summed E-state index contributed by atoms with van der Waals surface area (Å²) >= 11 is 0. The highest BCUT2D eigenvalue weighted by Gasteiger charge is 2.19. The van der Waals surface area contributed by atoms with Gasteiger partial charge < -0.3 is 10.6 Å². The lowest BCUT2D eigenvalue weighted by Crippen LogP contribution is -2.35. The lowest BCUT2D eigenvalue weighted by molar-refractivity contribution is 0.591. The molecule has 0 bridgehead atoms. The van der Waals surface area contributed by atoms with Crippen molar-refractivity contribution < 1.29 is 0 Å². The molecule has 1 aromatic carbocycles. The molecule has 0 radical (unpaired) electrons. The van der Waals surface area contributed by atoms with E-state index in [0.29, 0.717) is 6.04 Å². The summed E-state index contributed by atoms with van der Waals surface area (Å²) < 4.78 is 0. The minimum absolute atomic E-state index is 0.586. The summed E-state index contributed by atoms with van der Waals surface area (Å²) in [4.78, 5) is 0. The Balaban J connectivity index is 2.28. The van der Waals surface area contributed by atoms with Crippen LogP contribution in [0.4, 0.5) is 5.69 Å². The Morgan fingerprint density at radius 3 is 2.80 bits per heavy atom. The zero-order chi connectivity index (χ0) is 10.8. The second-order valence-corrected chi connectivity index (χ2v) is 4.49. The van der Waals surface area contributed by atoms with E-state index in [0.717, 1.165) is 6.54 Å². The Hall–Kier alpha value is -1.02. The maximum atomic E-state index is 3.64. The van der Waals surface area contributed by atoms with Crippen LogP contribution in [-0.2, 0) is 6.42 Å². The Morgan fingerprint density at radius 1 is 1.33 bits per heavy atom. The molecule has 0 fully saturated rings. The van der Waals surface area contributed by atoms with Gasteiger partial charge in [-0.1, -0.05) is 12.1 Å². The molecule has 0 aliphatic carbocycles. The van der Waals surface area contributed by atoms with E-state index in [2.05, 4.69) is 36.6 Å². The topological polar surface area (TPSA) is 24.1 Å². The van der Waals surface area contributed by atoms with Gasteiger partial charge in [-0.25, -0.2) is 0 Å². The fourth-order valence-corrected chi connectivity index (χ4v) is 2.39. The molecule has 1 unspecified atom stereocenters. The molecule has 2 nitrogen and oxygen atoms in total. The first-order valence-corrected chi connectivity index (χ1v) is 5.72. The molecule has 0 aromatic heterocycles. The van der Waals surface area contributed by atoms with E-state index in [1.165, 1.54) is 35.2 Å². The molecule has 0 saturated carbocycles. The van der Waals surface area contributed by atoms with Crippen LogP contribution in [0.1, 0.15) is 23.1 Å². The summed E-state index contributed by atoms with van der Waals surface area (Å²) in [7, 11) is 2.01. The van der Waals surface area contributed by atoms with Crippen LogP contribution >= 0.6 is 0 Å². The van der Waals surface area contributed by atoms with E-state index < -0.39 is 0 Å². The van der Waals surface area contributed by atoms with Crippen LogP contribution in [0.2, 0.25) is 0 Å². The first-order chi connectivity index (χ1) is 7.22. The Kier molecular flexibility index (Phi) is 2.96. The lowest BCUT2D eigenvalue weighted by atomic mass is 9.92. The number of anilines is 1. The maximum absolute atomic E-state index is 3.64. The molecule has 82 valence electrons. The average molecular weight is 204 g/mol. The Bertz CT molecular complexity index is 358. The first-order valence-electron chi connectivity index (χ1n) is 5.72. The zero-order valence-corrected chi connectivity index (χ0v) is 9.85. The van der Waals surface area contributed by atoms with Crippen molar-refractivity contribution in [2.75, 3.05) is 18.9 Å². The van der Waals surface area contributed by atoms with Crippen LogP contribution in [-0.4, -0.2) is 19.6 Å². The predicted molar refractivity (Wildman–Crippen MR) is 65.6 cm³/mol. The molecule has 1 heterocycles. The largest absolute Gasteiger partial charge is 0.381 e. The number of nitrogens with one attached hydrogen (secondary N) is 2. The number of fused-ring (bicyclic) bond motifs is 1. The molecule has 0 spiro atoms. The van der Waals surface area contributed by atoms with Gasteiger partial charge in [-0.3, -0.25) is 0 Å². The fourth-order valence-electron chi connectivity index (χ4n) is 2.39. The van der Waals surface area contributed by atoms with Crippen molar-refractivity contribution >= 4 is 5.69 Å². The van der Waals surface area contributed by atoms with E-state index >= 15 is 0 Å². The number of aryl methyl sites for hydroxylation is 2. The van der Waals surface area contributed by atoms with Crippen LogP contribution in [0.3, 0.4) is 0 Å². The maximum Gasteiger partial charge on any atom is 0.0407 e. The SMILES string of the molecule is CNCC1CCc2c(C)ccc(C)c2N1. The second-order valence-electron chi connectivity index (χ2n) is 4.49. The van der Waals surface area contributed by atoms with Gasteiger partial charge in [0.25, 0.3) is 0 Å². The van der Waals surface area contributed by atoms with Crippen molar-refractivity contribution in [3.8, 4) is 0 Å². The van der Waals surface area contributed by atoms with Crippen molar-refractivity contribution in [3.05, 3.63) is 28.8 Å². The number of hydrogen-bond acceptors (Lipinski definition) is 2. The van der Waals surface area contributed by atoms with Gasteiger partial charge in [-0.05, 0) is 50.4 Å². The fraction of sp³-hybridized carbons (Fsp3) is 0.538. The monoisotopic (exact) mass is 204 g/mol. The van der Waals surface area contributed by atoms with E-state index in [9.17, 15) is 0 Å². The van der Waals surface area contributed by atoms with E-state index in [-0.39, 0.29) is 0 Å². The quantitative estimate of drug-likeness (QED) is 0.772. The number of benzene rings is 1. The minimum atomic E-state index is 0.586.